The quantitative estimate of drug-likeness (QED) is 0.574. The molecule has 0 unspecified atom stereocenters. The minimum absolute atomic E-state index is 0.0891. The van der Waals surface area contributed by atoms with Gasteiger partial charge in [0.25, 0.3) is 0 Å². The number of nitrogen functional groups attached to an aromatic ring is 1. The van der Waals surface area contributed by atoms with Crippen molar-refractivity contribution in [3.05, 3.63) is 41.7 Å². The Morgan fingerprint density at radius 1 is 1.20 bits per heavy atom. The molecule has 0 fully saturated rings. The summed E-state index contributed by atoms with van der Waals surface area (Å²) in [5.74, 6) is 0.0891. The number of hydrogen-bond donors (Lipinski definition) is 2. The van der Waals surface area contributed by atoms with Crippen LogP contribution in [-0.2, 0) is 0 Å². The van der Waals surface area contributed by atoms with Gasteiger partial charge in [-0.25, -0.2) is 4.98 Å². The summed E-state index contributed by atoms with van der Waals surface area (Å²) >= 11 is 5.92. The number of benzene rings is 1. The summed E-state index contributed by atoms with van der Waals surface area (Å²) in [6.07, 6.45) is 1.31. The third kappa shape index (κ3) is 2.02. The number of pyridine rings is 1. The standard InChI is InChI=1S/C11H9ClN2O/c12-11-10(5-9(15)6-14-11)7-1-3-8(13)4-2-7/h1-6,15H,13H2. The lowest BCUT2D eigenvalue weighted by Gasteiger charge is -2.04. The highest BCUT2D eigenvalue weighted by Gasteiger charge is 2.05. The van der Waals surface area contributed by atoms with Crippen LogP contribution in [0, 0.1) is 0 Å². The monoisotopic (exact) mass is 220 g/mol. The van der Waals surface area contributed by atoms with E-state index < -0.39 is 0 Å². The number of hydrogen-bond acceptors (Lipinski definition) is 3. The molecule has 1 heterocycles. The first-order valence-electron chi connectivity index (χ1n) is 4.37. The molecule has 0 aliphatic carbocycles. The van der Waals surface area contributed by atoms with Crippen LogP contribution in [0.2, 0.25) is 5.15 Å². The topological polar surface area (TPSA) is 59.1 Å². The van der Waals surface area contributed by atoms with Crippen LogP contribution in [-0.4, -0.2) is 10.1 Å². The molecule has 0 bridgehead atoms. The van der Waals surface area contributed by atoms with E-state index in [-0.39, 0.29) is 5.75 Å². The van der Waals surface area contributed by atoms with E-state index in [4.69, 9.17) is 17.3 Å². The second-order valence-corrected chi connectivity index (χ2v) is 3.51. The molecule has 0 aliphatic rings. The van der Waals surface area contributed by atoms with E-state index >= 15 is 0 Å². The molecule has 4 heteroatoms. The molecule has 1 aromatic carbocycles. The van der Waals surface area contributed by atoms with E-state index in [1.54, 1.807) is 18.2 Å². The predicted octanol–water partition coefficient (Wildman–Crippen LogP) is 2.69. The zero-order valence-electron chi connectivity index (χ0n) is 7.81. The Hall–Kier alpha value is -1.74. The van der Waals surface area contributed by atoms with Crippen LogP contribution in [0.4, 0.5) is 5.69 Å². The second kappa shape index (κ2) is 3.79. The van der Waals surface area contributed by atoms with Gasteiger partial charge >= 0.3 is 0 Å². The zero-order chi connectivity index (χ0) is 10.8. The van der Waals surface area contributed by atoms with Crippen molar-refractivity contribution in [1.82, 2.24) is 4.98 Å². The molecule has 1 aromatic heterocycles. The van der Waals surface area contributed by atoms with Gasteiger partial charge in [0.2, 0.25) is 0 Å². The molecule has 3 nitrogen and oxygen atoms in total. The third-order valence-electron chi connectivity index (χ3n) is 2.05. The Bertz CT molecular complexity index is 482. The van der Waals surface area contributed by atoms with Crippen molar-refractivity contribution in [2.45, 2.75) is 0 Å². The molecular formula is C11H9ClN2O. The predicted molar refractivity (Wildman–Crippen MR) is 60.8 cm³/mol. The number of halogens is 1. The zero-order valence-corrected chi connectivity index (χ0v) is 8.57. The highest BCUT2D eigenvalue weighted by molar-refractivity contribution is 6.32. The summed E-state index contributed by atoms with van der Waals surface area (Å²) in [5.41, 5.74) is 7.82. The molecule has 15 heavy (non-hydrogen) atoms. The van der Waals surface area contributed by atoms with Crippen molar-refractivity contribution in [2.75, 3.05) is 5.73 Å². The van der Waals surface area contributed by atoms with E-state index in [2.05, 4.69) is 4.98 Å². The number of rotatable bonds is 1. The normalized spacial score (nSPS) is 10.2. The lowest BCUT2D eigenvalue weighted by atomic mass is 10.1. The van der Waals surface area contributed by atoms with Crippen LogP contribution in [0.3, 0.4) is 0 Å². The van der Waals surface area contributed by atoms with Gasteiger partial charge < -0.3 is 10.8 Å². The summed E-state index contributed by atoms with van der Waals surface area (Å²) in [4.78, 5) is 3.86. The fourth-order valence-corrected chi connectivity index (χ4v) is 1.51. The van der Waals surface area contributed by atoms with Gasteiger partial charge in [0.1, 0.15) is 10.9 Å². The van der Waals surface area contributed by atoms with Crippen LogP contribution < -0.4 is 5.73 Å². The maximum atomic E-state index is 9.31. The first kappa shape index (κ1) is 9.80. The van der Waals surface area contributed by atoms with E-state index in [0.29, 0.717) is 16.4 Å². The van der Waals surface area contributed by atoms with Gasteiger partial charge in [-0.1, -0.05) is 23.7 Å². The third-order valence-corrected chi connectivity index (χ3v) is 2.35. The molecule has 3 N–H and O–H groups in total. The number of aromatic nitrogens is 1. The fourth-order valence-electron chi connectivity index (χ4n) is 1.30. The van der Waals surface area contributed by atoms with Crippen molar-refractivity contribution in [3.8, 4) is 16.9 Å². The van der Waals surface area contributed by atoms with E-state index in [9.17, 15) is 5.11 Å². The summed E-state index contributed by atoms with van der Waals surface area (Å²) in [7, 11) is 0. The maximum Gasteiger partial charge on any atom is 0.137 e. The first-order chi connectivity index (χ1) is 7.16. The molecule has 76 valence electrons. The van der Waals surface area contributed by atoms with Crippen LogP contribution in [0.1, 0.15) is 0 Å². The Labute approximate surface area is 92.1 Å². The SMILES string of the molecule is Nc1ccc(-c2cc(O)cnc2Cl)cc1. The van der Waals surface area contributed by atoms with Crippen molar-refractivity contribution < 1.29 is 5.11 Å². The van der Waals surface area contributed by atoms with Crippen LogP contribution >= 0.6 is 11.6 Å². The van der Waals surface area contributed by atoms with Crippen LogP contribution in [0.15, 0.2) is 36.5 Å². The highest BCUT2D eigenvalue weighted by atomic mass is 35.5. The average molecular weight is 221 g/mol. The van der Waals surface area contributed by atoms with E-state index in [1.807, 2.05) is 12.1 Å². The number of anilines is 1. The van der Waals surface area contributed by atoms with Crippen molar-refractivity contribution in [3.63, 3.8) is 0 Å². The minimum Gasteiger partial charge on any atom is -0.506 e. The van der Waals surface area contributed by atoms with Gasteiger partial charge in [-0.15, -0.1) is 0 Å². The van der Waals surface area contributed by atoms with Gasteiger partial charge in [-0.3, -0.25) is 0 Å². The van der Waals surface area contributed by atoms with E-state index in [1.165, 1.54) is 6.20 Å². The lowest BCUT2D eigenvalue weighted by Crippen LogP contribution is -1.86. The molecule has 2 rings (SSSR count). The van der Waals surface area contributed by atoms with Gasteiger partial charge in [-0.05, 0) is 23.8 Å². The number of nitrogens with two attached hydrogens (primary N) is 1. The summed E-state index contributed by atoms with van der Waals surface area (Å²) in [6, 6.07) is 8.78. The lowest BCUT2D eigenvalue weighted by molar-refractivity contribution is 0.473. The Balaban J connectivity index is 2.53. The van der Waals surface area contributed by atoms with Gasteiger partial charge in [-0.2, -0.15) is 0 Å². The Morgan fingerprint density at radius 3 is 2.53 bits per heavy atom. The maximum absolute atomic E-state index is 9.31. The van der Waals surface area contributed by atoms with Gasteiger partial charge in [0.05, 0.1) is 6.20 Å². The molecule has 0 aliphatic heterocycles. The van der Waals surface area contributed by atoms with Crippen LogP contribution in [0.5, 0.6) is 5.75 Å². The number of aromatic hydroxyl groups is 1. The van der Waals surface area contributed by atoms with Crippen molar-refractivity contribution in [2.24, 2.45) is 0 Å². The first-order valence-corrected chi connectivity index (χ1v) is 4.75. The smallest absolute Gasteiger partial charge is 0.137 e. The molecule has 0 radical (unpaired) electrons. The van der Waals surface area contributed by atoms with Gasteiger partial charge in [0.15, 0.2) is 0 Å². The van der Waals surface area contributed by atoms with E-state index in [0.717, 1.165) is 5.56 Å². The summed E-state index contributed by atoms with van der Waals surface area (Å²) in [5, 5.41) is 9.67. The second-order valence-electron chi connectivity index (χ2n) is 3.15. The Kier molecular flexibility index (Phi) is 2.47. The van der Waals surface area contributed by atoms with Crippen LogP contribution in [0.25, 0.3) is 11.1 Å². The molecule has 0 amide bonds. The highest BCUT2D eigenvalue weighted by Crippen LogP contribution is 2.29. The summed E-state index contributed by atoms with van der Waals surface area (Å²) < 4.78 is 0. The molecule has 0 atom stereocenters. The molecule has 0 spiro atoms. The molecule has 0 saturated carbocycles. The Morgan fingerprint density at radius 2 is 1.87 bits per heavy atom. The molecule has 0 saturated heterocycles. The molecular weight excluding hydrogens is 212 g/mol. The largest absolute Gasteiger partial charge is 0.506 e. The minimum atomic E-state index is 0.0891. The molecule has 2 aromatic rings. The van der Waals surface area contributed by atoms with Crippen molar-refractivity contribution >= 4 is 17.3 Å². The fraction of sp³-hybridized carbons (Fsp3) is 0. The van der Waals surface area contributed by atoms with Gasteiger partial charge in [0, 0.05) is 11.3 Å². The van der Waals surface area contributed by atoms with Crippen molar-refractivity contribution in [1.29, 1.82) is 0 Å². The average Bonchev–Trinajstić information content (AvgIpc) is 2.23. The number of nitrogens with zero attached hydrogens (tertiary/aromatic N) is 1. The summed E-state index contributed by atoms with van der Waals surface area (Å²) in [6.45, 7) is 0.